The lowest BCUT2D eigenvalue weighted by atomic mass is 10.1. The number of hydrogen-bond acceptors (Lipinski definition) is 8. The minimum atomic E-state index is -3.23. The fourth-order valence-corrected chi connectivity index (χ4v) is 6.05. The first-order valence-electron chi connectivity index (χ1n) is 9.24. The Kier molecular flexibility index (Phi) is 6.43. The number of carbonyl (C=O) groups excluding carboxylic acids is 2. The van der Waals surface area contributed by atoms with Crippen molar-refractivity contribution in [3.8, 4) is 11.8 Å². The number of benzene rings is 1. The molecule has 0 saturated heterocycles. The van der Waals surface area contributed by atoms with Crippen molar-refractivity contribution in [2.75, 3.05) is 17.7 Å². The second-order valence-corrected chi connectivity index (χ2v) is 9.95. The van der Waals surface area contributed by atoms with Crippen molar-refractivity contribution < 1.29 is 27.5 Å². The van der Waals surface area contributed by atoms with Crippen molar-refractivity contribution in [1.82, 2.24) is 0 Å². The number of hydrogen-bond donors (Lipinski definition) is 1. The number of sulfone groups is 1. The average molecular weight is 449 g/mol. The van der Waals surface area contributed by atoms with E-state index in [0.717, 1.165) is 11.3 Å². The third-order valence-corrected chi connectivity index (χ3v) is 7.37. The number of nitrogens with zero attached hydrogens (tertiary/aromatic N) is 1. The van der Waals surface area contributed by atoms with E-state index < -0.39 is 27.8 Å². The number of thiophene rings is 1. The molecule has 30 heavy (non-hydrogen) atoms. The minimum Gasteiger partial charge on any atom is -0.481 e. The van der Waals surface area contributed by atoms with Gasteiger partial charge in [0.1, 0.15) is 10.8 Å². The van der Waals surface area contributed by atoms with Gasteiger partial charge in [-0.1, -0.05) is 0 Å². The molecule has 1 amide bonds. The van der Waals surface area contributed by atoms with Gasteiger partial charge in [-0.25, -0.2) is 13.2 Å². The molecule has 1 aromatic carbocycles. The van der Waals surface area contributed by atoms with E-state index in [2.05, 4.69) is 5.32 Å². The maximum Gasteiger partial charge on any atom is 0.341 e. The Morgan fingerprint density at radius 3 is 2.63 bits per heavy atom. The first-order chi connectivity index (χ1) is 14.2. The standard InChI is InChI=1S/C20H20N2O6S2/c1-3-27-20(24)17-15-8-9-30(25,26)11-16(15)29-19(17)22-18(23)12(2)28-14-6-4-13(10-21)5-7-14/h4-7,12H,3,8-9,11H2,1-2H3,(H,22,23). The molecule has 158 valence electrons. The van der Waals surface area contributed by atoms with Gasteiger partial charge in [-0.2, -0.15) is 5.26 Å². The van der Waals surface area contributed by atoms with E-state index in [9.17, 15) is 18.0 Å². The predicted octanol–water partition coefficient (Wildman–Crippen LogP) is 2.67. The summed E-state index contributed by atoms with van der Waals surface area (Å²) >= 11 is 1.07. The van der Waals surface area contributed by atoms with Gasteiger partial charge in [0.15, 0.2) is 15.9 Å². The molecule has 1 aliphatic heterocycles. The molecule has 0 aliphatic carbocycles. The molecule has 1 aliphatic rings. The first kappa shape index (κ1) is 21.8. The number of carbonyl (C=O) groups is 2. The van der Waals surface area contributed by atoms with Gasteiger partial charge >= 0.3 is 5.97 Å². The van der Waals surface area contributed by atoms with Crippen molar-refractivity contribution in [2.45, 2.75) is 32.1 Å². The monoisotopic (exact) mass is 448 g/mol. The Hall–Kier alpha value is -2.90. The van der Waals surface area contributed by atoms with Crippen LogP contribution in [0.2, 0.25) is 0 Å². The second kappa shape index (κ2) is 8.85. The minimum absolute atomic E-state index is 0.0469. The normalized spacial score (nSPS) is 15.4. The van der Waals surface area contributed by atoms with Crippen molar-refractivity contribution >= 4 is 38.1 Å². The summed E-state index contributed by atoms with van der Waals surface area (Å²) in [5.74, 6) is -0.878. The quantitative estimate of drug-likeness (QED) is 0.674. The third kappa shape index (κ3) is 4.80. The van der Waals surface area contributed by atoms with Crippen LogP contribution in [-0.2, 0) is 31.5 Å². The van der Waals surface area contributed by atoms with Crippen LogP contribution in [0.25, 0.3) is 0 Å². The molecule has 1 atom stereocenters. The molecule has 0 saturated carbocycles. The number of amides is 1. The van der Waals surface area contributed by atoms with Gasteiger partial charge in [0.05, 0.1) is 35.3 Å². The predicted molar refractivity (Wildman–Crippen MR) is 111 cm³/mol. The fourth-order valence-electron chi connectivity index (χ4n) is 3.01. The highest BCUT2D eigenvalue weighted by Crippen LogP contribution is 2.38. The topological polar surface area (TPSA) is 123 Å². The van der Waals surface area contributed by atoms with Crippen LogP contribution in [0.4, 0.5) is 5.00 Å². The SMILES string of the molecule is CCOC(=O)c1c(NC(=O)C(C)Oc2ccc(C#N)cc2)sc2c1CCS(=O)(=O)C2. The number of nitriles is 1. The zero-order valence-corrected chi connectivity index (χ0v) is 18.1. The maximum absolute atomic E-state index is 12.7. The molecular weight excluding hydrogens is 428 g/mol. The van der Waals surface area contributed by atoms with E-state index in [1.54, 1.807) is 38.1 Å². The Morgan fingerprint density at radius 2 is 2.00 bits per heavy atom. The van der Waals surface area contributed by atoms with Crippen LogP contribution in [0, 0.1) is 11.3 Å². The van der Waals surface area contributed by atoms with E-state index >= 15 is 0 Å². The summed E-state index contributed by atoms with van der Waals surface area (Å²) in [7, 11) is -3.23. The fraction of sp³-hybridized carbons (Fsp3) is 0.350. The maximum atomic E-state index is 12.7. The summed E-state index contributed by atoms with van der Waals surface area (Å²) in [5.41, 5.74) is 1.30. The Bertz CT molecular complexity index is 1110. The smallest absolute Gasteiger partial charge is 0.341 e. The van der Waals surface area contributed by atoms with Crippen LogP contribution in [0.1, 0.15) is 40.2 Å². The molecule has 0 fully saturated rings. The number of nitrogens with one attached hydrogen (secondary N) is 1. The van der Waals surface area contributed by atoms with Gasteiger partial charge in [-0.05, 0) is 50.1 Å². The van der Waals surface area contributed by atoms with Crippen LogP contribution in [0.3, 0.4) is 0 Å². The average Bonchev–Trinajstić information content (AvgIpc) is 3.04. The molecule has 1 N–H and O–H groups in total. The molecule has 2 heterocycles. The zero-order chi connectivity index (χ0) is 21.9. The van der Waals surface area contributed by atoms with Crippen LogP contribution in [-0.4, -0.2) is 38.8 Å². The molecule has 0 spiro atoms. The molecule has 3 rings (SSSR count). The molecule has 8 nitrogen and oxygen atoms in total. The van der Waals surface area contributed by atoms with E-state index in [4.69, 9.17) is 14.7 Å². The summed E-state index contributed by atoms with van der Waals surface area (Å²) in [5, 5.41) is 11.8. The first-order valence-corrected chi connectivity index (χ1v) is 11.9. The van der Waals surface area contributed by atoms with E-state index in [-0.39, 0.29) is 35.1 Å². The lowest BCUT2D eigenvalue weighted by Gasteiger charge is -2.15. The Labute approximate surface area is 178 Å². The molecule has 0 radical (unpaired) electrons. The molecule has 1 unspecified atom stereocenters. The summed E-state index contributed by atoms with van der Waals surface area (Å²) in [6.07, 6.45) is -0.689. The van der Waals surface area contributed by atoms with Crippen LogP contribution in [0.15, 0.2) is 24.3 Å². The highest BCUT2D eigenvalue weighted by Gasteiger charge is 2.32. The van der Waals surface area contributed by atoms with Gasteiger partial charge in [-0.3, -0.25) is 4.79 Å². The van der Waals surface area contributed by atoms with Gasteiger partial charge in [-0.15, -0.1) is 11.3 Å². The van der Waals surface area contributed by atoms with Gasteiger partial charge in [0.2, 0.25) is 0 Å². The van der Waals surface area contributed by atoms with Gasteiger partial charge in [0, 0.05) is 4.88 Å². The van der Waals surface area contributed by atoms with E-state index in [1.165, 1.54) is 0 Å². The highest BCUT2D eigenvalue weighted by atomic mass is 32.2. The summed E-state index contributed by atoms with van der Waals surface area (Å²) in [4.78, 5) is 25.7. The number of anilines is 1. The van der Waals surface area contributed by atoms with Crippen LogP contribution < -0.4 is 10.1 Å². The molecule has 2 aromatic rings. The highest BCUT2D eigenvalue weighted by molar-refractivity contribution is 7.90. The zero-order valence-electron chi connectivity index (χ0n) is 16.4. The summed E-state index contributed by atoms with van der Waals surface area (Å²) in [6.45, 7) is 3.38. The molecule has 10 heteroatoms. The van der Waals surface area contributed by atoms with E-state index in [0.29, 0.717) is 21.8 Å². The van der Waals surface area contributed by atoms with Crippen molar-refractivity contribution in [3.05, 3.63) is 45.8 Å². The number of rotatable bonds is 6. The van der Waals surface area contributed by atoms with Crippen LogP contribution in [0.5, 0.6) is 5.75 Å². The van der Waals surface area contributed by atoms with E-state index in [1.807, 2.05) is 6.07 Å². The Morgan fingerprint density at radius 1 is 1.30 bits per heavy atom. The lowest BCUT2D eigenvalue weighted by Crippen LogP contribution is -2.30. The molecule has 0 bridgehead atoms. The van der Waals surface area contributed by atoms with Crippen molar-refractivity contribution in [3.63, 3.8) is 0 Å². The second-order valence-electron chi connectivity index (χ2n) is 6.66. The van der Waals surface area contributed by atoms with Crippen molar-refractivity contribution in [2.24, 2.45) is 0 Å². The summed E-state index contributed by atoms with van der Waals surface area (Å²) in [6, 6.07) is 8.32. The third-order valence-electron chi connectivity index (χ3n) is 4.49. The lowest BCUT2D eigenvalue weighted by molar-refractivity contribution is -0.122. The van der Waals surface area contributed by atoms with Gasteiger partial charge in [0.25, 0.3) is 5.91 Å². The number of ether oxygens (including phenoxy) is 2. The van der Waals surface area contributed by atoms with Gasteiger partial charge < -0.3 is 14.8 Å². The summed E-state index contributed by atoms with van der Waals surface area (Å²) < 4.78 is 34.7. The Balaban J connectivity index is 1.82. The number of fused-ring (bicyclic) bond motifs is 1. The number of esters is 1. The molecule has 1 aromatic heterocycles. The largest absolute Gasteiger partial charge is 0.481 e. The van der Waals surface area contributed by atoms with Crippen LogP contribution >= 0.6 is 11.3 Å². The molecular formula is C20H20N2O6S2. The van der Waals surface area contributed by atoms with Crippen molar-refractivity contribution in [1.29, 1.82) is 5.26 Å².